The fraction of sp³-hybridized carbons (Fsp3) is 0.105. The highest BCUT2D eigenvalue weighted by Gasteiger charge is 2.18. The van der Waals surface area contributed by atoms with Crippen molar-refractivity contribution in [3.8, 4) is 27.6 Å². The van der Waals surface area contributed by atoms with Crippen molar-refractivity contribution in [2.45, 2.75) is 13.8 Å². The van der Waals surface area contributed by atoms with Gasteiger partial charge in [0.25, 0.3) is 0 Å². The summed E-state index contributed by atoms with van der Waals surface area (Å²) in [7, 11) is 0. The van der Waals surface area contributed by atoms with Crippen LogP contribution in [0.1, 0.15) is 11.1 Å². The minimum Gasteiger partial charge on any atom is -0.382 e. The van der Waals surface area contributed by atoms with Crippen molar-refractivity contribution in [3.63, 3.8) is 0 Å². The third-order valence-corrected chi connectivity index (χ3v) is 5.32. The molecule has 0 aliphatic heterocycles. The summed E-state index contributed by atoms with van der Waals surface area (Å²) >= 11 is 7.74. The molecule has 0 radical (unpaired) electrons. The molecule has 2 aromatic carbocycles. The minimum atomic E-state index is 0.416. The van der Waals surface area contributed by atoms with E-state index >= 15 is 0 Å². The van der Waals surface area contributed by atoms with Gasteiger partial charge in [-0.25, -0.2) is 4.98 Å². The van der Waals surface area contributed by atoms with Crippen molar-refractivity contribution in [2.24, 2.45) is 0 Å². The maximum atomic E-state index is 6.28. The number of nitrogen functional groups attached to an aromatic ring is 1. The van der Waals surface area contributed by atoms with Gasteiger partial charge in [-0.1, -0.05) is 52.7 Å². The summed E-state index contributed by atoms with van der Waals surface area (Å²) in [6.07, 6.45) is 0. The first kappa shape index (κ1) is 16.8. The van der Waals surface area contributed by atoms with E-state index in [2.05, 4.69) is 42.4 Å². The standard InChI is InChI=1S/C19H16ClN5S/c1-11-7-8-13(12(2)9-11)15-10-26-19(22-15)17-18(21)25(24-23-17)16-6-4-3-5-14(16)20/h3-10H,21H2,1-2H3. The minimum absolute atomic E-state index is 0.416. The number of para-hydroxylation sites is 1. The molecular weight excluding hydrogens is 366 g/mol. The molecule has 4 aromatic rings. The molecular formula is C19H16ClN5S. The molecule has 0 saturated carbocycles. The SMILES string of the molecule is Cc1ccc(-c2csc(-c3nnn(-c4ccccc4Cl)c3N)n2)c(C)c1. The van der Waals surface area contributed by atoms with Crippen LogP contribution in [0.2, 0.25) is 5.02 Å². The summed E-state index contributed by atoms with van der Waals surface area (Å²) in [5.41, 5.74) is 12.0. The van der Waals surface area contributed by atoms with Gasteiger partial charge in [0.1, 0.15) is 5.01 Å². The fourth-order valence-corrected chi connectivity index (χ4v) is 3.88. The van der Waals surface area contributed by atoms with Gasteiger partial charge < -0.3 is 5.73 Å². The Bertz CT molecular complexity index is 1100. The van der Waals surface area contributed by atoms with E-state index in [9.17, 15) is 0 Å². The van der Waals surface area contributed by atoms with Crippen LogP contribution in [0.3, 0.4) is 0 Å². The van der Waals surface area contributed by atoms with Crippen LogP contribution >= 0.6 is 22.9 Å². The van der Waals surface area contributed by atoms with Crippen molar-refractivity contribution in [1.29, 1.82) is 0 Å². The number of aryl methyl sites for hydroxylation is 2. The summed E-state index contributed by atoms with van der Waals surface area (Å²) in [4.78, 5) is 4.72. The van der Waals surface area contributed by atoms with Crippen LogP contribution in [-0.2, 0) is 0 Å². The maximum absolute atomic E-state index is 6.28. The summed E-state index contributed by atoms with van der Waals surface area (Å²) < 4.78 is 1.54. The topological polar surface area (TPSA) is 69.6 Å². The number of aromatic nitrogens is 4. The summed E-state index contributed by atoms with van der Waals surface area (Å²) in [5, 5.41) is 11.7. The molecule has 4 rings (SSSR count). The highest BCUT2D eigenvalue weighted by atomic mass is 35.5. The van der Waals surface area contributed by atoms with Crippen LogP contribution in [0.15, 0.2) is 47.8 Å². The highest BCUT2D eigenvalue weighted by molar-refractivity contribution is 7.13. The molecule has 130 valence electrons. The molecule has 0 amide bonds. The molecule has 2 N–H and O–H groups in total. The van der Waals surface area contributed by atoms with Gasteiger partial charge in [-0.2, -0.15) is 4.68 Å². The van der Waals surface area contributed by atoms with E-state index in [1.165, 1.54) is 27.1 Å². The van der Waals surface area contributed by atoms with Gasteiger partial charge in [0.05, 0.1) is 16.4 Å². The quantitative estimate of drug-likeness (QED) is 0.547. The Morgan fingerprint density at radius 2 is 1.92 bits per heavy atom. The number of hydrogen-bond acceptors (Lipinski definition) is 5. The van der Waals surface area contributed by atoms with E-state index in [1.54, 1.807) is 6.07 Å². The van der Waals surface area contributed by atoms with Gasteiger partial charge in [0.15, 0.2) is 11.5 Å². The van der Waals surface area contributed by atoms with E-state index in [1.807, 2.05) is 23.6 Å². The van der Waals surface area contributed by atoms with Crippen molar-refractivity contribution in [2.75, 3.05) is 5.73 Å². The fourth-order valence-electron chi connectivity index (χ4n) is 2.85. The van der Waals surface area contributed by atoms with E-state index in [0.29, 0.717) is 22.2 Å². The van der Waals surface area contributed by atoms with Crippen LogP contribution < -0.4 is 5.73 Å². The predicted molar refractivity (Wildman–Crippen MR) is 107 cm³/mol. The monoisotopic (exact) mass is 381 g/mol. The summed E-state index contributed by atoms with van der Waals surface area (Å²) in [6.45, 7) is 4.17. The van der Waals surface area contributed by atoms with Gasteiger partial charge in [-0.05, 0) is 31.5 Å². The molecule has 0 aliphatic rings. The smallest absolute Gasteiger partial charge is 0.165 e. The Morgan fingerprint density at radius 1 is 1.12 bits per heavy atom. The van der Waals surface area contributed by atoms with Gasteiger partial charge in [0, 0.05) is 10.9 Å². The third-order valence-electron chi connectivity index (χ3n) is 4.15. The zero-order valence-corrected chi connectivity index (χ0v) is 15.8. The molecule has 0 fully saturated rings. The lowest BCUT2D eigenvalue weighted by atomic mass is 10.0. The van der Waals surface area contributed by atoms with E-state index < -0.39 is 0 Å². The first-order chi connectivity index (χ1) is 12.5. The first-order valence-corrected chi connectivity index (χ1v) is 9.30. The van der Waals surface area contributed by atoms with Crippen LogP contribution in [0.5, 0.6) is 0 Å². The largest absolute Gasteiger partial charge is 0.382 e. The Labute approximate surface area is 160 Å². The molecule has 0 aliphatic carbocycles. The zero-order chi connectivity index (χ0) is 18.3. The molecule has 0 spiro atoms. The Balaban J connectivity index is 1.74. The number of halogens is 1. The lowest BCUT2D eigenvalue weighted by Crippen LogP contribution is -2.02. The summed E-state index contributed by atoms with van der Waals surface area (Å²) in [5.74, 6) is 0.416. The van der Waals surface area contributed by atoms with E-state index in [-0.39, 0.29) is 0 Å². The Morgan fingerprint density at radius 3 is 2.69 bits per heavy atom. The molecule has 0 atom stereocenters. The second kappa shape index (κ2) is 6.55. The average Bonchev–Trinajstić information content (AvgIpc) is 3.22. The van der Waals surface area contributed by atoms with Crippen LogP contribution in [0.4, 0.5) is 5.82 Å². The van der Waals surface area contributed by atoms with Crippen LogP contribution in [0, 0.1) is 13.8 Å². The number of anilines is 1. The number of rotatable bonds is 3. The highest BCUT2D eigenvalue weighted by Crippen LogP contribution is 2.33. The third kappa shape index (κ3) is 2.87. The lowest BCUT2D eigenvalue weighted by Gasteiger charge is -2.05. The van der Waals surface area contributed by atoms with Crippen molar-refractivity contribution in [3.05, 3.63) is 64.0 Å². The molecule has 0 bridgehead atoms. The van der Waals surface area contributed by atoms with E-state index in [0.717, 1.165) is 16.3 Å². The van der Waals surface area contributed by atoms with Gasteiger partial charge in [-0.15, -0.1) is 16.4 Å². The first-order valence-electron chi connectivity index (χ1n) is 8.04. The van der Waals surface area contributed by atoms with Crippen molar-refractivity contribution in [1.82, 2.24) is 20.0 Å². The molecule has 26 heavy (non-hydrogen) atoms. The molecule has 0 saturated heterocycles. The van der Waals surface area contributed by atoms with Gasteiger partial charge in [0.2, 0.25) is 0 Å². The number of nitrogens with zero attached hydrogens (tertiary/aromatic N) is 4. The van der Waals surface area contributed by atoms with Crippen molar-refractivity contribution < 1.29 is 0 Å². The number of benzene rings is 2. The molecule has 2 heterocycles. The Hall–Kier alpha value is -2.70. The van der Waals surface area contributed by atoms with Crippen LogP contribution in [0.25, 0.3) is 27.6 Å². The number of hydrogen-bond donors (Lipinski definition) is 1. The van der Waals surface area contributed by atoms with Gasteiger partial charge >= 0.3 is 0 Å². The van der Waals surface area contributed by atoms with E-state index in [4.69, 9.17) is 22.3 Å². The lowest BCUT2D eigenvalue weighted by molar-refractivity contribution is 0.810. The van der Waals surface area contributed by atoms with Crippen molar-refractivity contribution >= 4 is 28.8 Å². The van der Waals surface area contributed by atoms with Crippen LogP contribution in [-0.4, -0.2) is 20.0 Å². The maximum Gasteiger partial charge on any atom is 0.165 e. The molecule has 5 nitrogen and oxygen atoms in total. The Kier molecular flexibility index (Phi) is 4.22. The second-order valence-corrected chi connectivity index (χ2v) is 7.31. The predicted octanol–water partition coefficient (Wildman–Crippen LogP) is 4.91. The van der Waals surface area contributed by atoms with Gasteiger partial charge in [-0.3, -0.25) is 0 Å². The molecule has 0 unspecified atom stereocenters. The second-order valence-electron chi connectivity index (χ2n) is 6.04. The summed E-state index contributed by atoms with van der Waals surface area (Å²) in [6, 6.07) is 13.7. The normalized spacial score (nSPS) is 11.0. The number of nitrogens with two attached hydrogens (primary N) is 1. The zero-order valence-electron chi connectivity index (χ0n) is 14.3. The molecule has 2 aromatic heterocycles. The number of thiazole rings is 1. The average molecular weight is 382 g/mol. The molecule has 7 heteroatoms.